The van der Waals surface area contributed by atoms with Gasteiger partial charge in [0.15, 0.2) is 0 Å². The van der Waals surface area contributed by atoms with Gasteiger partial charge in [0, 0.05) is 0 Å². The van der Waals surface area contributed by atoms with Crippen LogP contribution < -0.4 is 106 Å². The number of hydrogen-bond donors (Lipinski definition) is 0. The van der Waals surface area contributed by atoms with Crippen LogP contribution in [0.25, 0.3) is 0 Å². The minimum absolute atomic E-state index is 0. The van der Waals surface area contributed by atoms with E-state index < -0.39 is 0 Å². The summed E-state index contributed by atoms with van der Waals surface area (Å²) in [5.41, 5.74) is 0. The van der Waals surface area contributed by atoms with Crippen LogP contribution in [-0.2, 0) is 0 Å². The maximum Gasteiger partial charge on any atom is 2.00 e. The fourth-order valence-corrected chi connectivity index (χ4v) is 0. The van der Waals surface area contributed by atoms with Gasteiger partial charge in [-0.1, -0.05) is 0 Å². The second kappa shape index (κ2) is 31.8. The first-order chi connectivity index (χ1) is 0. The molecule has 0 radical (unpaired) electrons. The summed E-state index contributed by atoms with van der Waals surface area (Å²) < 4.78 is 0. The maximum absolute atomic E-state index is 0. The van der Waals surface area contributed by atoms with E-state index >= 15 is 0 Å². The summed E-state index contributed by atoms with van der Waals surface area (Å²) in [6.45, 7) is 0. The molecule has 0 spiro atoms. The summed E-state index contributed by atoms with van der Waals surface area (Å²) in [4.78, 5) is 0. The molecule has 0 fully saturated rings. The zero-order valence-corrected chi connectivity index (χ0v) is 14.4. The van der Waals surface area contributed by atoms with Gasteiger partial charge in [0.05, 0.1) is 0 Å². The Hall–Kier alpha value is 5.24. The molecule has 0 saturated heterocycles. The van der Waals surface area contributed by atoms with Gasteiger partial charge in [-0.25, -0.2) is 0 Å². The number of halogens is 2. The average Bonchev–Trinajstić information content (AvgIpc) is 0. The summed E-state index contributed by atoms with van der Waals surface area (Å²) >= 11 is 0. The maximum atomic E-state index is 0. The van der Waals surface area contributed by atoms with Gasteiger partial charge in [-0.05, 0) is 0 Å². The van der Waals surface area contributed by atoms with Crippen LogP contribution in [0.15, 0.2) is 0 Å². The molecular formula is H4CaCl2KMgNa. The Morgan fingerprint density at radius 3 is 1.00 bits per heavy atom. The van der Waals surface area contributed by atoms with E-state index in [9.17, 15) is 0 Å². The molecule has 0 unspecified atom stereocenters. The van der Waals surface area contributed by atoms with Crippen LogP contribution in [-0.4, -0.2) is 60.8 Å². The van der Waals surface area contributed by atoms with E-state index in [4.69, 9.17) is 0 Å². The summed E-state index contributed by atoms with van der Waals surface area (Å²) in [6, 6.07) is 0. The molecule has 6 heteroatoms. The van der Waals surface area contributed by atoms with Crippen molar-refractivity contribution in [3.05, 3.63) is 0 Å². The van der Waals surface area contributed by atoms with Gasteiger partial charge in [-0.15, -0.1) is 0 Å². The second-order valence-corrected chi connectivity index (χ2v) is 0. The van der Waals surface area contributed by atoms with E-state index in [0.29, 0.717) is 0 Å². The Morgan fingerprint density at radius 1 is 1.00 bits per heavy atom. The van der Waals surface area contributed by atoms with Crippen LogP contribution >= 0.6 is 0 Å². The summed E-state index contributed by atoms with van der Waals surface area (Å²) in [5.74, 6) is 0. The average molecular weight is 201 g/mol. The van der Waals surface area contributed by atoms with Crippen molar-refractivity contribution in [2.45, 2.75) is 0 Å². The minimum Gasteiger partial charge on any atom is -1.00 e. The van der Waals surface area contributed by atoms with Crippen molar-refractivity contribution in [3.8, 4) is 0 Å². The van der Waals surface area contributed by atoms with Crippen molar-refractivity contribution >= 4 is 60.8 Å². The molecule has 0 aliphatic heterocycles. The molecule has 6 heavy (non-hydrogen) atoms. The molecule has 0 rings (SSSR count). The first-order valence-electron chi connectivity index (χ1n) is 0. The second-order valence-electron chi connectivity index (χ2n) is 0. The molecule has 0 aromatic rings. The van der Waals surface area contributed by atoms with Crippen molar-refractivity contribution in [2.75, 3.05) is 0 Å². The molecule has 0 nitrogen and oxygen atoms in total. The monoisotopic (exact) mass is 200 g/mol. The third kappa shape index (κ3) is 22.8. The van der Waals surface area contributed by atoms with E-state index in [1.54, 1.807) is 0 Å². The van der Waals surface area contributed by atoms with E-state index in [2.05, 4.69) is 0 Å². The van der Waals surface area contributed by atoms with Gasteiger partial charge in [0.1, 0.15) is 0 Å². The molecule has 0 aliphatic rings. The van der Waals surface area contributed by atoms with Crippen molar-refractivity contribution in [1.29, 1.82) is 0 Å². The Morgan fingerprint density at radius 2 is 1.00 bits per heavy atom. The van der Waals surface area contributed by atoms with Gasteiger partial charge in [0.2, 0.25) is 0 Å². The summed E-state index contributed by atoms with van der Waals surface area (Å²) in [5, 5.41) is 0. The summed E-state index contributed by atoms with van der Waals surface area (Å²) in [7, 11) is 0. The van der Waals surface area contributed by atoms with Gasteiger partial charge in [0.25, 0.3) is 0 Å². The van der Waals surface area contributed by atoms with E-state index in [1.165, 1.54) is 0 Å². The molecule has 24 valence electrons. The van der Waals surface area contributed by atoms with Crippen molar-refractivity contribution in [3.63, 3.8) is 0 Å². The summed E-state index contributed by atoms with van der Waals surface area (Å²) in [6.07, 6.45) is 0. The Kier molecular flexibility index (Phi) is 228. The Labute approximate surface area is 167 Å². The van der Waals surface area contributed by atoms with E-state index in [0.717, 1.165) is 0 Å². The van der Waals surface area contributed by atoms with Gasteiger partial charge in [-0.3, -0.25) is 0 Å². The van der Waals surface area contributed by atoms with E-state index in [1.807, 2.05) is 0 Å². The number of hydrogen-bond acceptors (Lipinski definition) is 0. The van der Waals surface area contributed by atoms with Crippen LogP contribution in [0.2, 0.25) is 0 Å². The zero-order valence-electron chi connectivity index (χ0n) is 8.17. The molecule has 0 N–H and O–H groups in total. The Balaban J connectivity index is 0. The Bertz CT molecular complexity index is 23.2. The molecule has 0 heterocycles. The van der Waals surface area contributed by atoms with Gasteiger partial charge >= 0.3 is 142 Å². The van der Waals surface area contributed by atoms with Crippen LogP contribution in [0.4, 0.5) is 0 Å². The molecule has 0 bridgehead atoms. The normalized spacial score (nSPS) is 0. The van der Waals surface area contributed by atoms with Gasteiger partial charge < -0.3 is 30.5 Å². The largest absolute Gasteiger partial charge is 2.00 e. The van der Waals surface area contributed by atoms with Crippen molar-refractivity contribution in [1.82, 2.24) is 0 Å². The fraction of sp³-hybridized carbons (Fsp3) is 0. The van der Waals surface area contributed by atoms with Gasteiger partial charge in [-0.2, -0.15) is 0 Å². The van der Waals surface area contributed by atoms with Crippen LogP contribution in [0, 0.1) is 0 Å². The smallest absolute Gasteiger partial charge is 1.00 e. The minimum atomic E-state index is 0. The van der Waals surface area contributed by atoms with Crippen molar-refractivity contribution < 1.29 is 111 Å². The third-order valence-corrected chi connectivity index (χ3v) is 0. The quantitative estimate of drug-likeness (QED) is 0.342. The van der Waals surface area contributed by atoms with Crippen LogP contribution in [0.5, 0.6) is 0 Å². The SMILES string of the molecule is [Ca+2].[Cl-].[Cl-].[H-].[H-].[H-].[H-].[K+].[Mg+2].[Na+]. The first kappa shape index (κ1) is 42.9. The molecule has 0 amide bonds. The first-order valence-corrected chi connectivity index (χ1v) is 0. The molecule has 0 aromatic carbocycles. The fourth-order valence-electron chi connectivity index (χ4n) is 0. The predicted molar refractivity (Wildman–Crippen MR) is 16.0 cm³/mol. The van der Waals surface area contributed by atoms with Crippen LogP contribution in [0.3, 0.4) is 0 Å². The van der Waals surface area contributed by atoms with E-state index in [-0.39, 0.29) is 172 Å². The molecular weight excluding hydrogens is 197 g/mol. The third-order valence-electron chi connectivity index (χ3n) is 0. The topological polar surface area (TPSA) is 0 Å². The zero-order chi connectivity index (χ0) is 0. The number of rotatable bonds is 0. The molecule has 0 aliphatic carbocycles. The van der Waals surface area contributed by atoms with Crippen molar-refractivity contribution in [2.24, 2.45) is 0 Å². The molecule has 0 aromatic heterocycles. The van der Waals surface area contributed by atoms with Crippen LogP contribution in [0.1, 0.15) is 5.71 Å². The molecule has 0 saturated carbocycles. The standard InChI is InChI=1S/Ca.2ClH.K.Mg.Na.4H/h;2*1H;;;;;;;/q+2;;;+1;+2;+1;4*-1/p-2. The molecule has 0 atom stereocenters. The predicted octanol–water partition coefficient (Wildman–Crippen LogP) is -12.3.